The summed E-state index contributed by atoms with van der Waals surface area (Å²) in [6.07, 6.45) is 3.29. The molecule has 6 nitrogen and oxygen atoms in total. The van der Waals surface area contributed by atoms with Gasteiger partial charge in [0.1, 0.15) is 21.6 Å². The number of nitrogens with zero attached hydrogens (tertiary/aromatic N) is 2. The summed E-state index contributed by atoms with van der Waals surface area (Å²) in [5, 5.41) is 4.36. The SMILES string of the molecule is COc1cc(NC(=O)CSc2nccnc2Sc2cccc(C)c2)cc(OC)c1. The number of hydrogen-bond donors (Lipinski definition) is 1. The van der Waals surface area contributed by atoms with Crippen LogP contribution in [-0.4, -0.2) is 35.8 Å². The molecule has 0 radical (unpaired) electrons. The van der Waals surface area contributed by atoms with Gasteiger partial charge in [0.2, 0.25) is 5.91 Å². The van der Waals surface area contributed by atoms with E-state index in [9.17, 15) is 4.79 Å². The van der Waals surface area contributed by atoms with Gasteiger partial charge in [-0.3, -0.25) is 4.79 Å². The third-order valence-electron chi connectivity index (χ3n) is 3.81. The molecule has 150 valence electrons. The molecule has 0 spiro atoms. The smallest absolute Gasteiger partial charge is 0.234 e. The third-order valence-corrected chi connectivity index (χ3v) is 5.90. The molecule has 3 aromatic rings. The highest BCUT2D eigenvalue weighted by molar-refractivity contribution is 8.02. The second-order valence-electron chi connectivity index (χ2n) is 6.02. The van der Waals surface area contributed by atoms with Crippen molar-refractivity contribution in [3.05, 3.63) is 60.4 Å². The Morgan fingerprint density at radius 1 is 1.00 bits per heavy atom. The van der Waals surface area contributed by atoms with Crippen molar-refractivity contribution in [2.45, 2.75) is 21.9 Å². The minimum atomic E-state index is -0.150. The van der Waals surface area contributed by atoms with Gasteiger partial charge in [-0.2, -0.15) is 0 Å². The Bertz CT molecular complexity index is 976. The average molecular weight is 428 g/mol. The summed E-state index contributed by atoms with van der Waals surface area (Å²) in [5.74, 6) is 1.28. The van der Waals surface area contributed by atoms with Crippen LogP contribution in [0.2, 0.25) is 0 Å². The molecule has 3 rings (SSSR count). The van der Waals surface area contributed by atoms with Gasteiger partial charge in [0.15, 0.2) is 0 Å². The molecule has 29 heavy (non-hydrogen) atoms. The largest absolute Gasteiger partial charge is 0.497 e. The summed E-state index contributed by atoms with van der Waals surface area (Å²) in [4.78, 5) is 22.3. The summed E-state index contributed by atoms with van der Waals surface area (Å²) in [7, 11) is 3.13. The molecule has 0 fully saturated rings. The highest BCUT2D eigenvalue weighted by atomic mass is 32.2. The van der Waals surface area contributed by atoms with Crippen molar-refractivity contribution in [2.75, 3.05) is 25.3 Å². The van der Waals surface area contributed by atoms with Crippen LogP contribution in [0.25, 0.3) is 0 Å². The quantitative estimate of drug-likeness (QED) is 0.523. The predicted octanol–water partition coefficient (Wildman–Crippen LogP) is 4.68. The van der Waals surface area contributed by atoms with Crippen LogP contribution in [0, 0.1) is 6.92 Å². The number of methoxy groups -OCH3 is 2. The van der Waals surface area contributed by atoms with Crippen LogP contribution in [0.4, 0.5) is 5.69 Å². The zero-order valence-electron chi connectivity index (χ0n) is 16.3. The molecule has 1 amide bonds. The summed E-state index contributed by atoms with van der Waals surface area (Å²) >= 11 is 2.88. The first-order valence-electron chi connectivity index (χ1n) is 8.78. The van der Waals surface area contributed by atoms with Crippen LogP contribution in [-0.2, 0) is 4.79 Å². The Labute approximate surface area is 178 Å². The van der Waals surface area contributed by atoms with E-state index in [1.165, 1.54) is 29.1 Å². The number of rotatable bonds is 8. The van der Waals surface area contributed by atoms with Crippen LogP contribution < -0.4 is 14.8 Å². The number of benzene rings is 2. The van der Waals surface area contributed by atoms with Gasteiger partial charge in [0.05, 0.1) is 20.0 Å². The number of carbonyl (C=O) groups is 1. The topological polar surface area (TPSA) is 73.3 Å². The lowest BCUT2D eigenvalue weighted by atomic mass is 10.2. The first-order valence-corrected chi connectivity index (χ1v) is 10.6. The maximum Gasteiger partial charge on any atom is 0.234 e. The third kappa shape index (κ3) is 6.13. The van der Waals surface area contributed by atoms with Crippen LogP contribution in [0.15, 0.2) is 69.8 Å². The molecule has 1 N–H and O–H groups in total. The van der Waals surface area contributed by atoms with Gasteiger partial charge >= 0.3 is 0 Å². The van der Waals surface area contributed by atoms with Gasteiger partial charge in [-0.15, -0.1) is 0 Å². The summed E-state index contributed by atoms with van der Waals surface area (Å²) in [6.45, 7) is 2.05. The van der Waals surface area contributed by atoms with E-state index >= 15 is 0 Å². The first-order chi connectivity index (χ1) is 14.1. The molecule has 1 heterocycles. The second kappa shape index (κ2) is 10.2. The van der Waals surface area contributed by atoms with E-state index in [1.54, 1.807) is 44.8 Å². The lowest BCUT2D eigenvalue weighted by Gasteiger charge is -2.10. The Balaban J connectivity index is 1.65. The molecular formula is C21H21N3O3S2. The van der Waals surface area contributed by atoms with E-state index in [1.807, 2.05) is 25.1 Å². The standard InChI is InChI=1S/C21H21N3O3S2/c1-14-5-4-6-18(9-14)29-21-20(22-7-8-23-21)28-13-19(25)24-15-10-16(26-2)12-17(11-15)27-3/h4-12H,13H2,1-3H3,(H,24,25). The van der Waals surface area contributed by atoms with Crippen molar-refractivity contribution in [1.82, 2.24) is 9.97 Å². The molecule has 0 saturated heterocycles. The van der Waals surface area contributed by atoms with Crippen LogP contribution in [0.1, 0.15) is 5.56 Å². The van der Waals surface area contributed by atoms with Crippen molar-refractivity contribution in [3.63, 3.8) is 0 Å². The zero-order chi connectivity index (χ0) is 20.6. The fraction of sp³-hybridized carbons (Fsp3) is 0.190. The number of hydrogen-bond acceptors (Lipinski definition) is 7. The normalized spacial score (nSPS) is 10.4. The van der Waals surface area contributed by atoms with E-state index in [0.717, 1.165) is 14.9 Å². The molecule has 0 aliphatic rings. The number of thioether (sulfide) groups is 1. The highest BCUT2D eigenvalue weighted by Gasteiger charge is 2.12. The molecule has 2 aromatic carbocycles. The van der Waals surface area contributed by atoms with E-state index in [4.69, 9.17) is 9.47 Å². The van der Waals surface area contributed by atoms with Crippen LogP contribution in [0.3, 0.4) is 0 Å². The molecular weight excluding hydrogens is 406 g/mol. The molecule has 8 heteroatoms. The maximum absolute atomic E-state index is 12.4. The van der Waals surface area contributed by atoms with Gasteiger partial charge in [-0.1, -0.05) is 41.2 Å². The van der Waals surface area contributed by atoms with Crippen molar-refractivity contribution in [2.24, 2.45) is 0 Å². The number of nitrogens with one attached hydrogen (secondary N) is 1. The van der Waals surface area contributed by atoms with Crippen molar-refractivity contribution in [3.8, 4) is 11.5 Å². The van der Waals surface area contributed by atoms with Crippen molar-refractivity contribution in [1.29, 1.82) is 0 Å². The Morgan fingerprint density at radius 3 is 2.34 bits per heavy atom. The predicted molar refractivity (Wildman–Crippen MR) is 116 cm³/mol. The van der Waals surface area contributed by atoms with Gasteiger partial charge in [0.25, 0.3) is 0 Å². The molecule has 0 aliphatic heterocycles. The molecule has 0 bridgehead atoms. The maximum atomic E-state index is 12.4. The van der Waals surface area contributed by atoms with E-state index in [2.05, 4.69) is 21.4 Å². The first kappa shape index (κ1) is 21.0. The summed E-state index contributed by atoms with van der Waals surface area (Å²) in [6, 6.07) is 13.4. The van der Waals surface area contributed by atoms with Gasteiger partial charge in [0, 0.05) is 41.2 Å². The number of ether oxygens (including phenoxy) is 2. The lowest BCUT2D eigenvalue weighted by Crippen LogP contribution is -2.14. The van der Waals surface area contributed by atoms with Crippen LogP contribution in [0.5, 0.6) is 11.5 Å². The van der Waals surface area contributed by atoms with Gasteiger partial charge < -0.3 is 14.8 Å². The molecule has 0 saturated carbocycles. The number of aryl methyl sites for hydroxylation is 1. The number of carbonyl (C=O) groups excluding carboxylic acids is 1. The van der Waals surface area contributed by atoms with E-state index in [-0.39, 0.29) is 11.7 Å². The highest BCUT2D eigenvalue weighted by Crippen LogP contribution is 2.33. The molecule has 0 unspecified atom stereocenters. The number of amides is 1. The Kier molecular flexibility index (Phi) is 7.37. The van der Waals surface area contributed by atoms with Crippen molar-refractivity contribution >= 4 is 35.1 Å². The van der Waals surface area contributed by atoms with Crippen molar-refractivity contribution < 1.29 is 14.3 Å². The molecule has 0 atom stereocenters. The van der Waals surface area contributed by atoms with E-state index in [0.29, 0.717) is 17.2 Å². The minimum Gasteiger partial charge on any atom is -0.497 e. The molecule has 1 aromatic heterocycles. The summed E-state index contributed by atoms with van der Waals surface area (Å²) in [5.41, 5.74) is 1.79. The van der Waals surface area contributed by atoms with Gasteiger partial charge in [-0.05, 0) is 19.1 Å². The summed E-state index contributed by atoms with van der Waals surface area (Å²) < 4.78 is 10.5. The van der Waals surface area contributed by atoms with Gasteiger partial charge in [-0.25, -0.2) is 9.97 Å². The second-order valence-corrected chi connectivity index (χ2v) is 8.05. The number of aromatic nitrogens is 2. The number of anilines is 1. The Morgan fingerprint density at radius 2 is 1.69 bits per heavy atom. The van der Waals surface area contributed by atoms with Crippen LogP contribution >= 0.6 is 23.5 Å². The average Bonchev–Trinajstić information content (AvgIpc) is 2.73. The molecule has 0 aliphatic carbocycles. The fourth-order valence-electron chi connectivity index (χ4n) is 2.48. The zero-order valence-corrected chi connectivity index (χ0v) is 18.0. The monoisotopic (exact) mass is 427 g/mol. The fourth-order valence-corrected chi connectivity index (χ4v) is 4.30. The van der Waals surface area contributed by atoms with E-state index < -0.39 is 0 Å². The lowest BCUT2D eigenvalue weighted by molar-refractivity contribution is -0.113. The minimum absolute atomic E-state index is 0.150. The Hall–Kier alpha value is -2.71.